The second-order valence-corrected chi connectivity index (χ2v) is 6.10. The van der Waals surface area contributed by atoms with E-state index >= 15 is 0 Å². The second-order valence-electron chi connectivity index (χ2n) is 5.74. The summed E-state index contributed by atoms with van der Waals surface area (Å²) in [5.41, 5.74) is 7.05. The van der Waals surface area contributed by atoms with Gasteiger partial charge < -0.3 is 15.9 Å². The van der Waals surface area contributed by atoms with Gasteiger partial charge in [0, 0.05) is 17.5 Å². The van der Waals surface area contributed by atoms with Crippen LogP contribution in [-0.2, 0) is 11.0 Å². The molecule has 0 spiro atoms. The van der Waals surface area contributed by atoms with E-state index in [1.54, 1.807) is 6.92 Å². The van der Waals surface area contributed by atoms with Crippen LogP contribution in [-0.4, -0.2) is 25.8 Å². The van der Waals surface area contributed by atoms with Gasteiger partial charge in [-0.3, -0.25) is 10.2 Å². The van der Waals surface area contributed by atoms with Crippen LogP contribution < -0.4 is 11.2 Å². The molecule has 1 atom stereocenters. The number of nitrogens with one attached hydrogen (secondary N) is 1. The number of aromatic nitrogens is 2. The number of amides is 1. The van der Waals surface area contributed by atoms with E-state index in [9.17, 15) is 28.2 Å². The molecule has 26 heavy (non-hydrogen) atoms. The van der Waals surface area contributed by atoms with Crippen LogP contribution in [0.2, 0.25) is 5.15 Å². The van der Waals surface area contributed by atoms with Gasteiger partial charge in [0.15, 0.2) is 0 Å². The first-order valence-corrected chi connectivity index (χ1v) is 7.73. The Morgan fingerprint density at radius 1 is 1.38 bits per heavy atom. The number of nitrogens with zero attached hydrogens (tertiary/aromatic N) is 2. The zero-order chi connectivity index (χ0) is 19.8. The smallest absolute Gasteiger partial charge is 0.419 e. The number of carbonyl (C=O) groups excluding carboxylic acids is 1. The minimum atomic E-state index is -4.66. The first-order valence-electron chi connectivity index (χ1n) is 7.35. The highest BCUT2D eigenvalue weighted by Gasteiger charge is 2.34. The van der Waals surface area contributed by atoms with Crippen molar-refractivity contribution in [3.63, 3.8) is 0 Å². The largest absolute Gasteiger partial charge is 0.493 e. The molecule has 0 bridgehead atoms. The van der Waals surface area contributed by atoms with E-state index in [2.05, 4.69) is 10.4 Å². The lowest BCUT2D eigenvalue weighted by atomic mass is 9.96. The van der Waals surface area contributed by atoms with Crippen molar-refractivity contribution in [3.05, 3.63) is 34.0 Å². The summed E-state index contributed by atoms with van der Waals surface area (Å²) in [4.78, 5) is 14.6. The lowest BCUT2D eigenvalue weighted by molar-refractivity contribution is -0.137. The average Bonchev–Trinajstić information content (AvgIpc) is 2.69. The Hall–Kier alpha value is -2.62. The Labute approximate surface area is 151 Å². The van der Waals surface area contributed by atoms with Crippen LogP contribution >= 0.6 is 11.6 Å². The van der Waals surface area contributed by atoms with E-state index in [0.717, 1.165) is 16.8 Å². The molecular formula is C15H16ClF3N4O3. The Morgan fingerprint density at radius 3 is 2.50 bits per heavy atom. The molecule has 2 aromatic rings. The first-order chi connectivity index (χ1) is 11.9. The molecule has 0 saturated carbocycles. The molecule has 2 aromatic heterocycles. The molecule has 2 rings (SSSR count). The number of halogens is 4. The first kappa shape index (κ1) is 19.7. The second kappa shape index (κ2) is 6.94. The number of hydrogen-bond donors (Lipinski definition) is 4. The monoisotopic (exact) mass is 392 g/mol. The van der Waals surface area contributed by atoms with Gasteiger partial charge in [-0.1, -0.05) is 18.5 Å². The summed E-state index contributed by atoms with van der Waals surface area (Å²) in [7, 11) is 0. The van der Waals surface area contributed by atoms with Crippen LogP contribution in [0.5, 0.6) is 11.8 Å². The molecule has 0 saturated heterocycles. The van der Waals surface area contributed by atoms with Crippen LogP contribution in [0.25, 0.3) is 0 Å². The fraction of sp³-hybridized carbons (Fsp3) is 0.333. The number of alkyl halides is 3. The molecule has 0 radical (unpaired) electrons. The summed E-state index contributed by atoms with van der Waals surface area (Å²) in [6.07, 6.45) is -4.73. The number of hydrogen-bond acceptors (Lipinski definition) is 5. The zero-order valence-electron chi connectivity index (χ0n) is 13.7. The van der Waals surface area contributed by atoms with Crippen molar-refractivity contribution in [2.24, 2.45) is 5.73 Å². The molecule has 0 aliphatic rings. The predicted octanol–water partition coefficient (Wildman–Crippen LogP) is 3.13. The molecule has 5 N–H and O–H groups in total. The highest BCUT2D eigenvalue weighted by atomic mass is 35.5. The molecule has 0 fully saturated rings. The highest BCUT2D eigenvalue weighted by molar-refractivity contribution is 6.30. The Kier molecular flexibility index (Phi) is 5.26. The maximum Gasteiger partial charge on any atom is 0.419 e. The van der Waals surface area contributed by atoms with Crippen LogP contribution in [0.15, 0.2) is 12.1 Å². The molecule has 0 aliphatic heterocycles. The number of pyridine rings is 1. The van der Waals surface area contributed by atoms with Gasteiger partial charge >= 0.3 is 6.18 Å². The van der Waals surface area contributed by atoms with Gasteiger partial charge in [0.2, 0.25) is 17.7 Å². The zero-order valence-corrected chi connectivity index (χ0v) is 14.5. The van der Waals surface area contributed by atoms with Gasteiger partial charge in [-0.2, -0.15) is 17.8 Å². The molecule has 0 aliphatic carbocycles. The molecule has 7 nitrogen and oxygen atoms in total. The number of nitrogens with two attached hydrogens (primary N) is 1. The van der Waals surface area contributed by atoms with Crippen LogP contribution in [0.3, 0.4) is 0 Å². The predicted molar refractivity (Wildman–Crippen MR) is 88.0 cm³/mol. The maximum absolute atomic E-state index is 12.7. The third-order valence-corrected chi connectivity index (χ3v) is 4.07. The lowest BCUT2D eigenvalue weighted by Gasteiger charge is -2.13. The maximum atomic E-state index is 12.7. The van der Waals surface area contributed by atoms with E-state index in [-0.39, 0.29) is 23.4 Å². The molecule has 1 amide bonds. The number of primary amides is 1. The van der Waals surface area contributed by atoms with Crippen molar-refractivity contribution in [2.75, 3.05) is 5.43 Å². The quantitative estimate of drug-likeness (QED) is 0.584. The number of aromatic hydroxyl groups is 2. The van der Waals surface area contributed by atoms with Gasteiger partial charge in [-0.05, 0) is 25.0 Å². The summed E-state index contributed by atoms with van der Waals surface area (Å²) in [5.74, 6) is -2.05. The fourth-order valence-electron chi connectivity index (χ4n) is 2.60. The molecule has 11 heteroatoms. The van der Waals surface area contributed by atoms with E-state index in [1.807, 2.05) is 0 Å². The van der Waals surface area contributed by atoms with E-state index < -0.39 is 40.5 Å². The molecule has 1 unspecified atom stereocenters. The van der Waals surface area contributed by atoms with Crippen molar-refractivity contribution >= 4 is 23.3 Å². The Balaban J connectivity index is 2.39. The van der Waals surface area contributed by atoms with E-state index in [1.165, 1.54) is 6.92 Å². The number of anilines is 1. The minimum absolute atomic E-state index is 0.0673. The lowest BCUT2D eigenvalue weighted by Crippen LogP contribution is -2.14. The van der Waals surface area contributed by atoms with Crippen LogP contribution in [0, 0.1) is 6.92 Å². The van der Waals surface area contributed by atoms with Gasteiger partial charge in [0.05, 0.1) is 5.56 Å². The van der Waals surface area contributed by atoms with Crippen molar-refractivity contribution in [3.8, 4) is 11.8 Å². The van der Waals surface area contributed by atoms with Crippen LogP contribution in [0.1, 0.15) is 36.0 Å². The van der Waals surface area contributed by atoms with Crippen molar-refractivity contribution in [2.45, 2.75) is 32.4 Å². The molecule has 2 heterocycles. The highest BCUT2D eigenvalue weighted by Crippen LogP contribution is 2.39. The normalized spacial score (nSPS) is 12.8. The molecule has 0 aromatic carbocycles. The van der Waals surface area contributed by atoms with E-state index in [4.69, 9.17) is 17.3 Å². The SMILES string of the molecule is Cc1c(C(C)CC(N)=O)c(O)n(Nc2ccc(C(F)(F)F)c(Cl)n2)c1O. The average molecular weight is 393 g/mol. The van der Waals surface area contributed by atoms with Gasteiger partial charge in [-0.25, -0.2) is 4.98 Å². The number of rotatable bonds is 5. The third kappa shape index (κ3) is 3.79. The molecular weight excluding hydrogens is 377 g/mol. The van der Waals surface area contributed by atoms with Gasteiger partial charge in [0.1, 0.15) is 11.0 Å². The summed E-state index contributed by atoms with van der Waals surface area (Å²) in [6.45, 7) is 3.14. The summed E-state index contributed by atoms with van der Waals surface area (Å²) in [6, 6.07) is 1.72. The molecule has 142 valence electrons. The topological polar surface area (TPSA) is 113 Å². The van der Waals surface area contributed by atoms with Gasteiger partial charge in [0.25, 0.3) is 0 Å². The van der Waals surface area contributed by atoms with Crippen molar-refractivity contribution in [1.82, 2.24) is 9.66 Å². The van der Waals surface area contributed by atoms with E-state index in [0.29, 0.717) is 0 Å². The Morgan fingerprint density at radius 2 is 2.00 bits per heavy atom. The summed E-state index contributed by atoms with van der Waals surface area (Å²) < 4.78 is 39.0. The third-order valence-electron chi connectivity index (χ3n) is 3.78. The van der Waals surface area contributed by atoms with Crippen molar-refractivity contribution in [1.29, 1.82) is 0 Å². The van der Waals surface area contributed by atoms with Gasteiger partial charge in [-0.15, -0.1) is 0 Å². The number of carbonyl (C=O) groups is 1. The minimum Gasteiger partial charge on any atom is -0.493 e. The van der Waals surface area contributed by atoms with Crippen molar-refractivity contribution < 1.29 is 28.2 Å². The standard InChI is InChI=1S/C15H16ClF3N4O3/c1-6(5-9(20)24)11-7(2)13(25)23(14(11)26)22-10-4-3-8(12(16)21-10)15(17,18)19/h3-4,6,25-26H,5H2,1-2H3,(H2,20,24)(H,21,22). The van der Waals surface area contributed by atoms with Crippen LogP contribution in [0.4, 0.5) is 19.0 Å². The summed E-state index contributed by atoms with van der Waals surface area (Å²) >= 11 is 5.55. The Bertz CT molecular complexity index is 852. The summed E-state index contributed by atoms with van der Waals surface area (Å²) in [5, 5.41) is 19.7. The fourth-order valence-corrected chi connectivity index (χ4v) is 2.86.